The number of furan rings is 2. The topological polar surface area (TPSA) is 195 Å². The predicted molar refractivity (Wildman–Crippen MR) is 243 cm³/mol. The van der Waals surface area contributed by atoms with E-state index in [0.29, 0.717) is 31.1 Å². The summed E-state index contributed by atoms with van der Waals surface area (Å²) in [6.07, 6.45) is 0. The smallest absolute Gasteiger partial charge is 0.870 e. The van der Waals surface area contributed by atoms with Crippen LogP contribution in [0.25, 0.3) is 44.6 Å². The molecule has 8 rings (SSSR count). The second-order valence-corrected chi connectivity index (χ2v) is 19.2. The van der Waals surface area contributed by atoms with Crippen LogP contribution in [0.3, 0.4) is 0 Å². The minimum Gasteiger partial charge on any atom is -0.870 e. The molecule has 330 valence electrons. The van der Waals surface area contributed by atoms with Crippen molar-refractivity contribution in [3.63, 3.8) is 0 Å². The van der Waals surface area contributed by atoms with E-state index in [1.165, 1.54) is 112 Å². The second-order valence-electron chi connectivity index (χ2n) is 13.6. The summed E-state index contributed by atoms with van der Waals surface area (Å²) in [5.74, 6) is -2.49. The number of sulfonamides is 2. The number of methoxy groups -OCH3 is 1. The first-order chi connectivity index (χ1) is 29.9. The van der Waals surface area contributed by atoms with Gasteiger partial charge in [-0.1, -0.05) is 36.4 Å². The quantitative estimate of drug-likeness (QED) is 0.103. The maximum absolute atomic E-state index is 13.4. The monoisotopic (exact) mass is 1040 g/mol. The van der Waals surface area contributed by atoms with Gasteiger partial charge in [0.15, 0.2) is 0 Å². The van der Waals surface area contributed by atoms with Gasteiger partial charge in [0.05, 0.1) is 28.3 Å². The first-order valence-electron chi connectivity index (χ1n) is 18.4. The van der Waals surface area contributed by atoms with Gasteiger partial charge in [0, 0.05) is 57.1 Å². The zero-order chi connectivity index (χ0) is 45.4. The van der Waals surface area contributed by atoms with E-state index in [0.717, 1.165) is 8.61 Å². The van der Waals surface area contributed by atoms with E-state index >= 15 is 0 Å². The number of carboxylic acids is 1. The van der Waals surface area contributed by atoms with Crippen molar-refractivity contribution < 1.29 is 78.2 Å². The third-order valence-corrected chi connectivity index (χ3v) is 14.7. The Labute approximate surface area is 400 Å². The number of benzene rings is 6. The molecule has 0 amide bonds. The van der Waals surface area contributed by atoms with E-state index in [2.05, 4.69) is 31.9 Å². The maximum atomic E-state index is 13.4. The van der Waals surface area contributed by atoms with Crippen LogP contribution in [0.5, 0.6) is 0 Å². The molecule has 0 unspecified atom stereocenters. The van der Waals surface area contributed by atoms with Crippen molar-refractivity contribution in [3.8, 4) is 22.6 Å². The molecule has 0 fully saturated rings. The van der Waals surface area contributed by atoms with Gasteiger partial charge in [0.1, 0.15) is 45.4 Å². The van der Waals surface area contributed by atoms with Gasteiger partial charge in [-0.15, -0.1) is 0 Å². The van der Waals surface area contributed by atoms with E-state index in [4.69, 9.17) is 13.6 Å². The van der Waals surface area contributed by atoms with Gasteiger partial charge in [-0.25, -0.2) is 35.2 Å². The van der Waals surface area contributed by atoms with E-state index in [9.17, 15) is 40.3 Å². The van der Waals surface area contributed by atoms with Crippen LogP contribution in [0.2, 0.25) is 0 Å². The number of fused-ring (bicyclic) bond motifs is 2. The number of nitrogens with zero attached hydrogens (tertiary/aromatic N) is 2. The molecule has 0 radical (unpaired) electrons. The fourth-order valence-electron chi connectivity index (χ4n) is 6.58. The van der Waals surface area contributed by atoms with Gasteiger partial charge in [-0.05, 0) is 117 Å². The zero-order valence-corrected chi connectivity index (χ0v) is 39.3. The molecule has 0 aliphatic rings. The molecule has 0 saturated carbocycles. The number of ether oxygens (including phenoxy) is 1. The van der Waals surface area contributed by atoms with Crippen LogP contribution in [0.1, 0.15) is 20.7 Å². The summed E-state index contributed by atoms with van der Waals surface area (Å²) in [6.45, 7) is 0. The van der Waals surface area contributed by atoms with Gasteiger partial charge in [-0.2, -0.15) is 0 Å². The first-order valence-corrected chi connectivity index (χ1v) is 22.8. The Balaban J connectivity index is 0.000000237. The SMILES string of the molecule is CN(c1cc2oc(-c3ccc(F)cc3)c(C(=O)O)c2cc1Br)S(=O)(=O)c1ccccc1.COC(=O)c1c(-c2ccc(F)cc2)oc2cc(N(C)S(=O)(=O)c3ccccc3)c(Br)cc12.[Li+].[OH-]. The summed E-state index contributed by atoms with van der Waals surface area (Å²) in [5.41, 5.74) is 1.98. The Bertz CT molecular complexity index is 3270. The summed E-state index contributed by atoms with van der Waals surface area (Å²) in [5, 5.41) is 10.5. The average molecular weight is 1050 g/mol. The molecule has 20 heteroatoms. The summed E-state index contributed by atoms with van der Waals surface area (Å²) in [4.78, 5) is 24.8. The molecular weight excluding hydrogens is 1010 g/mol. The molecule has 0 aliphatic carbocycles. The van der Waals surface area contributed by atoms with Crippen molar-refractivity contribution in [2.75, 3.05) is 29.8 Å². The molecule has 13 nitrogen and oxygen atoms in total. The molecule has 0 bridgehead atoms. The molecule has 0 spiro atoms. The third-order valence-electron chi connectivity index (χ3n) is 9.81. The summed E-state index contributed by atoms with van der Waals surface area (Å²) >= 11 is 6.76. The van der Waals surface area contributed by atoms with Gasteiger partial charge in [0.2, 0.25) is 0 Å². The molecule has 8 aromatic rings. The molecule has 2 heterocycles. The minimum absolute atomic E-state index is 0. The molecular formula is C45H33Br2F2LiN2O11S2. The number of esters is 1. The summed E-state index contributed by atoms with van der Waals surface area (Å²) < 4.78 is 98.5. The van der Waals surface area contributed by atoms with Crippen LogP contribution >= 0.6 is 31.9 Å². The standard InChI is InChI=1S/C23H17BrFNO5S.C22H15BrFNO5S.Li.H2O/c1-26(32(28,29)16-6-4-3-5-7-16)19-13-20-17(12-18(19)24)21(23(27)30-2)22(31-20)14-8-10-15(25)11-9-14;1-25(31(28,29)15-5-3-2-4-6-15)18-12-19-16(11-17(18)23)20(22(26)27)21(30-19)13-7-9-14(24)10-8-13;;/h3-13H,1-2H3;2-12H,1H3,(H,26,27);;1H2/q;;+1;/p-1. The van der Waals surface area contributed by atoms with Crippen LogP contribution in [-0.2, 0) is 24.8 Å². The first kappa shape index (κ1) is 50.2. The average Bonchev–Trinajstić information content (AvgIpc) is 3.84. The van der Waals surface area contributed by atoms with Crippen molar-refractivity contribution in [2.24, 2.45) is 0 Å². The van der Waals surface area contributed by atoms with Crippen molar-refractivity contribution >= 4 is 97.2 Å². The van der Waals surface area contributed by atoms with Crippen LogP contribution in [-0.4, -0.2) is 60.6 Å². The van der Waals surface area contributed by atoms with Crippen molar-refractivity contribution in [1.82, 2.24) is 0 Å². The maximum Gasteiger partial charge on any atom is 1.00 e. The van der Waals surface area contributed by atoms with Crippen molar-refractivity contribution in [1.29, 1.82) is 0 Å². The fourth-order valence-corrected chi connectivity index (χ4v) is 10.5. The van der Waals surface area contributed by atoms with E-state index < -0.39 is 43.6 Å². The number of aromatic carboxylic acids is 1. The number of carbonyl (C=O) groups is 2. The van der Waals surface area contributed by atoms with E-state index in [-0.39, 0.29) is 79.0 Å². The Morgan fingerprint density at radius 3 is 1.31 bits per heavy atom. The van der Waals surface area contributed by atoms with Gasteiger partial charge in [-0.3, -0.25) is 8.61 Å². The zero-order valence-electron chi connectivity index (χ0n) is 34.5. The summed E-state index contributed by atoms with van der Waals surface area (Å²) in [7, 11) is -3.61. The number of anilines is 2. The van der Waals surface area contributed by atoms with Crippen LogP contribution < -0.4 is 27.5 Å². The minimum atomic E-state index is -3.86. The number of rotatable bonds is 10. The van der Waals surface area contributed by atoms with Gasteiger partial charge in [0.25, 0.3) is 20.0 Å². The number of carbonyl (C=O) groups excluding carboxylic acids is 1. The van der Waals surface area contributed by atoms with Crippen LogP contribution in [0.4, 0.5) is 20.2 Å². The molecule has 6 aromatic carbocycles. The van der Waals surface area contributed by atoms with Crippen LogP contribution in [0, 0.1) is 11.6 Å². The number of carboxylic acid groups (broad SMARTS) is 1. The predicted octanol–water partition coefficient (Wildman–Crippen LogP) is 7.97. The van der Waals surface area contributed by atoms with E-state index in [1.54, 1.807) is 42.5 Å². The number of hydrogen-bond donors (Lipinski definition) is 1. The normalized spacial score (nSPS) is 11.2. The third kappa shape index (κ3) is 9.92. The number of halogens is 4. The molecule has 0 saturated heterocycles. The number of hydrogen-bond acceptors (Lipinski definition) is 10. The Morgan fingerprint density at radius 2 is 0.954 bits per heavy atom. The van der Waals surface area contributed by atoms with E-state index in [1.807, 2.05) is 0 Å². The fraction of sp³-hybridized carbons (Fsp3) is 0.0667. The van der Waals surface area contributed by atoms with Crippen molar-refractivity contribution in [3.05, 3.63) is 165 Å². The Hall–Kier alpha value is -5.78. The largest absolute Gasteiger partial charge is 1.00 e. The molecule has 0 aliphatic heterocycles. The molecule has 65 heavy (non-hydrogen) atoms. The Morgan fingerprint density at radius 1 is 0.600 bits per heavy atom. The van der Waals surface area contributed by atoms with Crippen LogP contribution in [0.15, 0.2) is 161 Å². The van der Waals surface area contributed by atoms with Crippen molar-refractivity contribution in [2.45, 2.75) is 9.79 Å². The molecule has 2 N–H and O–H groups in total. The molecule has 2 aromatic heterocycles. The summed E-state index contributed by atoms with van der Waals surface area (Å²) in [6, 6.07) is 32.8. The van der Waals surface area contributed by atoms with Gasteiger partial charge < -0.3 is 24.2 Å². The van der Waals surface area contributed by atoms with Gasteiger partial charge >= 0.3 is 30.8 Å². The second kappa shape index (κ2) is 20.2. The Kier molecular flexibility index (Phi) is 15.6. The molecule has 0 atom stereocenters.